The van der Waals surface area contributed by atoms with Crippen molar-refractivity contribution in [2.45, 2.75) is 108 Å². The van der Waals surface area contributed by atoms with Gasteiger partial charge in [0.05, 0.1) is 39.1 Å². The molecule has 5 rings (SSSR count). The molecule has 0 saturated carbocycles. The maximum atomic E-state index is 13.4. The first-order valence-electron chi connectivity index (χ1n) is 19.7. The number of nitrogens with zero attached hydrogens (tertiary/aromatic N) is 3. The fourth-order valence-electron chi connectivity index (χ4n) is 6.33. The highest BCUT2D eigenvalue weighted by atomic mass is 16.7. The molecule has 2 N–H and O–H groups in total. The zero-order valence-corrected chi connectivity index (χ0v) is 33.7. The molecule has 1 saturated heterocycles. The van der Waals surface area contributed by atoms with Crippen molar-refractivity contribution in [3.63, 3.8) is 0 Å². The van der Waals surface area contributed by atoms with Gasteiger partial charge in [-0.15, -0.1) is 0 Å². The Balaban J connectivity index is 1.35. The number of esters is 1. The van der Waals surface area contributed by atoms with E-state index in [2.05, 4.69) is 15.3 Å². The number of aliphatic hydroxyl groups is 1. The van der Waals surface area contributed by atoms with Crippen LogP contribution in [0, 0.1) is 0 Å². The molecule has 14 heteroatoms. The van der Waals surface area contributed by atoms with Crippen molar-refractivity contribution in [2.75, 3.05) is 13.2 Å². The van der Waals surface area contributed by atoms with Crippen molar-refractivity contribution in [2.24, 2.45) is 5.11 Å². The first kappa shape index (κ1) is 44.8. The van der Waals surface area contributed by atoms with Gasteiger partial charge >= 0.3 is 12.1 Å². The minimum absolute atomic E-state index is 0.00411. The molecule has 14 nitrogen and oxygen atoms in total. The molecule has 0 bridgehead atoms. The number of benzene rings is 4. The van der Waals surface area contributed by atoms with Gasteiger partial charge in [-0.3, -0.25) is 0 Å². The number of amides is 1. The molecule has 4 aromatic carbocycles. The summed E-state index contributed by atoms with van der Waals surface area (Å²) in [7, 11) is 0. The molecule has 0 radical (unpaired) electrons. The summed E-state index contributed by atoms with van der Waals surface area (Å²) in [6.07, 6.45) is -6.86. The Kier molecular flexibility index (Phi) is 17.7. The molecule has 314 valence electrons. The number of ether oxygens (including phenoxy) is 7. The zero-order valence-electron chi connectivity index (χ0n) is 33.7. The van der Waals surface area contributed by atoms with Crippen LogP contribution in [0.25, 0.3) is 10.4 Å². The second-order valence-electron chi connectivity index (χ2n) is 15.1. The van der Waals surface area contributed by atoms with Gasteiger partial charge in [-0.1, -0.05) is 126 Å². The Bertz CT molecular complexity index is 1880. The van der Waals surface area contributed by atoms with E-state index in [1.807, 2.05) is 121 Å². The van der Waals surface area contributed by atoms with E-state index >= 15 is 0 Å². The van der Waals surface area contributed by atoms with E-state index in [0.717, 1.165) is 22.3 Å². The first-order chi connectivity index (χ1) is 28.6. The van der Waals surface area contributed by atoms with Gasteiger partial charge in [-0.05, 0) is 61.4 Å². The van der Waals surface area contributed by atoms with Crippen LogP contribution in [0.2, 0.25) is 0 Å². The van der Waals surface area contributed by atoms with Crippen molar-refractivity contribution in [1.29, 1.82) is 0 Å². The fourth-order valence-corrected chi connectivity index (χ4v) is 6.33. The Morgan fingerprint density at radius 1 is 0.763 bits per heavy atom. The number of aliphatic hydroxyl groups excluding tert-OH is 1. The lowest BCUT2D eigenvalue weighted by Crippen LogP contribution is -2.61. The van der Waals surface area contributed by atoms with Gasteiger partial charge < -0.3 is 43.6 Å². The predicted octanol–water partition coefficient (Wildman–Crippen LogP) is 7.57. The Labute approximate surface area is 345 Å². The monoisotopic (exact) mass is 810 g/mol. The average molecular weight is 811 g/mol. The number of rotatable bonds is 21. The average Bonchev–Trinajstić information content (AvgIpc) is 3.24. The van der Waals surface area contributed by atoms with Gasteiger partial charge in [0.15, 0.2) is 6.29 Å². The fraction of sp³-hybridized carbons (Fsp3) is 0.422. The maximum Gasteiger partial charge on any atom is 0.408 e. The summed E-state index contributed by atoms with van der Waals surface area (Å²) in [5.41, 5.74) is 12.0. The molecule has 1 amide bonds. The molecule has 7 atom stereocenters. The van der Waals surface area contributed by atoms with Crippen molar-refractivity contribution in [3.05, 3.63) is 154 Å². The smallest absolute Gasteiger partial charge is 0.408 e. The summed E-state index contributed by atoms with van der Waals surface area (Å²) in [5.74, 6) is -0.686. The molecular weight excluding hydrogens is 757 g/mol. The minimum atomic E-state index is -1.38. The molecular formula is C45H54N4O10. The third-order valence-corrected chi connectivity index (χ3v) is 9.23. The van der Waals surface area contributed by atoms with Crippen LogP contribution in [0.3, 0.4) is 0 Å². The second kappa shape index (κ2) is 23.3. The van der Waals surface area contributed by atoms with E-state index in [9.17, 15) is 20.2 Å². The van der Waals surface area contributed by atoms with Crippen LogP contribution >= 0.6 is 0 Å². The van der Waals surface area contributed by atoms with Gasteiger partial charge in [0.1, 0.15) is 42.7 Å². The number of alkyl carbamates (subject to hydrolysis) is 1. The molecule has 0 spiro atoms. The molecule has 1 fully saturated rings. The van der Waals surface area contributed by atoms with Gasteiger partial charge in [-0.25, -0.2) is 9.59 Å². The van der Waals surface area contributed by atoms with E-state index in [-0.39, 0.29) is 45.8 Å². The third kappa shape index (κ3) is 15.4. The first-order valence-corrected chi connectivity index (χ1v) is 19.7. The molecule has 59 heavy (non-hydrogen) atoms. The summed E-state index contributed by atoms with van der Waals surface area (Å²) in [5, 5.41) is 18.4. The van der Waals surface area contributed by atoms with Crippen molar-refractivity contribution in [1.82, 2.24) is 5.32 Å². The summed E-state index contributed by atoms with van der Waals surface area (Å²) >= 11 is 0. The van der Waals surface area contributed by atoms with Crippen molar-refractivity contribution < 1.29 is 47.9 Å². The number of carbonyl (C=O) groups is 2. The summed E-state index contributed by atoms with van der Waals surface area (Å²) in [6, 6.07) is 36.8. The lowest BCUT2D eigenvalue weighted by atomic mass is 9.98. The molecule has 0 aromatic heterocycles. The van der Waals surface area contributed by atoms with E-state index in [1.54, 1.807) is 20.8 Å². The lowest BCUT2D eigenvalue weighted by Gasteiger charge is -2.45. The third-order valence-electron chi connectivity index (χ3n) is 9.23. The maximum absolute atomic E-state index is 13.4. The van der Waals surface area contributed by atoms with Gasteiger partial charge in [0.2, 0.25) is 0 Å². The van der Waals surface area contributed by atoms with E-state index in [4.69, 9.17) is 33.2 Å². The van der Waals surface area contributed by atoms with Crippen molar-refractivity contribution in [3.8, 4) is 0 Å². The van der Waals surface area contributed by atoms with Gasteiger partial charge in [-0.2, -0.15) is 0 Å². The van der Waals surface area contributed by atoms with Crippen LogP contribution in [-0.4, -0.2) is 78.8 Å². The summed E-state index contributed by atoms with van der Waals surface area (Å²) in [4.78, 5) is 29.2. The molecule has 1 aliphatic rings. The SMILES string of the molecule is CC(C)(C)OC(=O)[C@H](CC[C@@H](CN=[N+]=[N-])O[C@@H]1O[C@H](COCc2ccccc2)[C@H](OCc2ccccc2)[C@H](OCc2ccccc2)[C@H]1O)NC(=O)OCc1ccccc1. The normalized spacial score (nSPS) is 20.1. The summed E-state index contributed by atoms with van der Waals surface area (Å²) < 4.78 is 43.0. The molecule has 0 unspecified atom stereocenters. The Hall–Kier alpha value is -5.31. The Morgan fingerprint density at radius 3 is 1.80 bits per heavy atom. The standard InChI is InChI=1S/C45H54N4O10/c1-45(2,3)59-42(51)37(48-44(52)56-30-35-22-14-7-15-23-35)25-24-36(26-47-49-46)57-43-39(50)41(55-29-34-20-12-6-13-21-34)40(54-28-33-18-10-5-11-19-33)38(58-43)31-53-27-32-16-8-4-9-17-32/h4-23,36-41,43,50H,24-31H2,1-3H3,(H,48,52)/t36-,37-,38+,39+,40-,41+,43+/m0/s1. The molecule has 0 aliphatic carbocycles. The lowest BCUT2D eigenvalue weighted by molar-refractivity contribution is -0.327. The zero-order chi connectivity index (χ0) is 41.9. The highest BCUT2D eigenvalue weighted by molar-refractivity contribution is 5.81. The van der Waals surface area contributed by atoms with Gasteiger partial charge in [0, 0.05) is 4.91 Å². The minimum Gasteiger partial charge on any atom is -0.458 e. The quantitative estimate of drug-likeness (QED) is 0.0369. The van der Waals surface area contributed by atoms with Crippen LogP contribution in [0.1, 0.15) is 55.9 Å². The van der Waals surface area contributed by atoms with Crippen LogP contribution < -0.4 is 5.32 Å². The number of hydrogen-bond donors (Lipinski definition) is 2. The highest BCUT2D eigenvalue weighted by Gasteiger charge is 2.48. The molecule has 4 aromatic rings. The molecule has 1 aliphatic heterocycles. The topological polar surface area (TPSA) is 180 Å². The predicted molar refractivity (Wildman–Crippen MR) is 218 cm³/mol. The van der Waals surface area contributed by atoms with Crippen LogP contribution in [0.5, 0.6) is 0 Å². The van der Waals surface area contributed by atoms with Crippen LogP contribution in [0.4, 0.5) is 4.79 Å². The molecule has 1 heterocycles. The number of azide groups is 1. The van der Waals surface area contributed by atoms with E-state index in [0.29, 0.717) is 6.61 Å². The van der Waals surface area contributed by atoms with Crippen LogP contribution in [0.15, 0.2) is 126 Å². The Morgan fingerprint density at radius 2 is 1.27 bits per heavy atom. The second-order valence-corrected chi connectivity index (χ2v) is 15.1. The largest absolute Gasteiger partial charge is 0.458 e. The number of carbonyl (C=O) groups excluding carboxylic acids is 2. The van der Waals surface area contributed by atoms with Crippen molar-refractivity contribution >= 4 is 12.1 Å². The van der Waals surface area contributed by atoms with E-state index < -0.39 is 60.5 Å². The highest BCUT2D eigenvalue weighted by Crippen LogP contribution is 2.30. The number of hydrogen-bond acceptors (Lipinski definition) is 11. The van der Waals surface area contributed by atoms with Gasteiger partial charge in [0.25, 0.3) is 0 Å². The number of nitrogens with one attached hydrogen (secondary N) is 1. The summed E-state index contributed by atoms with van der Waals surface area (Å²) in [6.45, 7) is 5.69. The van der Waals surface area contributed by atoms with E-state index in [1.165, 1.54) is 0 Å². The van der Waals surface area contributed by atoms with Crippen LogP contribution in [-0.2, 0) is 64.4 Å².